The molecule has 6 heteroatoms. The smallest absolute Gasteiger partial charge is 0.236 e. The molecule has 0 unspecified atom stereocenters. The maximum absolute atomic E-state index is 12.4. The Balaban J connectivity index is 1.56. The van der Waals surface area contributed by atoms with E-state index in [4.69, 9.17) is 0 Å². The van der Waals surface area contributed by atoms with Crippen LogP contribution in [0, 0.1) is 0 Å². The zero-order valence-electron chi connectivity index (χ0n) is 13.5. The van der Waals surface area contributed by atoms with Crippen molar-refractivity contribution in [2.24, 2.45) is 0 Å². The van der Waals surface area contributed by atoms with E-state index >= 15 is 0 Å². The summed E-state index contributed by atoms with van der Waals surface area (Å²) >= 11 is 0. The topological polar surface area (TPSA) is 53.5 Å². The lowest BCUT2D eigenvalue weighted by Crippen LogP contribution is -2.47. The van der Waals surface area contributed by atoms with Crippen LogP contribution in [0.4, 0.5) is 0 Å². The highest BCUT2D eigenvalue weighted by Crippen LogP contribution is 2.13. The number of hydrogen-bond acceptors (Lipinski definition) is 4. The van der Waals surface area contributed by atoms with Crippen molar-refractivity contribution in [2.45, 2.75) is 6.54 Å². The van der Waals surface area contributed by atoms with Gasteiger partial charge in [0.25, 0.3) is 0 Å². The molecule has 3 rings (SSSR count). The molecular formula is C18H21N3O2S. The maximum Gasteiger partial charge on any atom is 0.236 e. The zero-order valence-corrected chi connectivity index (χ0v) is 14.3. The van der Waals surface area contributed by atoms with Gasteiger partial charge < -0.3 is 0 Å². The molecule has 1 aliphatic rings. The van der Waals surface area contributed by atoms with E-state index in [1.807, 2.05) is 48.5 Å². The highest BCUT2D eigenvalue weighted by molar-refractivity contribution is 7.92. The largest absolute Gasteiger partial charge is 0.295 e. The first-order chi connectivity index (χ1) is 11.6. The number of rotatable bonds is 5. The molecule has 0 radical (unpaired) electrons. The molecule has 0 aliphatic carbocycles. The molecule has 0 bridgehead atoms. The molecule has 1 aliphatic heterocycles. The normalized spacial score (nSPS) is 17.3. The summed E-state index contributed by atoms with van der Waals surface area (Å²) in [5.74, 6) is 0. The Morgan fingerprint density at radius 1 is 0.958 bits per heavy atom. The van der Waals surface area contributed by atoms with Crippen molar-refractivity contribution in [2.75, 3.05) is 26.2 Å². The summed E-state index contributed by atoms with van der Waals surface area (Å²) in [5, 5.41) is 1.30. The predicted octanol–water partition coefficient (Wildman–Crippen LogP) is 2.20. The van der Waals surface area contributed by atoms with Gasteiger partial charge in [-0.3, -0.25) is 9.88 Å². The molecule has 1 aromatic heterocycles. The number of hydrogen-bond donors (Lipinski definition) is 0. The van der Waals surface area contributed by atoms with Gasteiger partial charge in [0, 0.05) is 44.3 Å². The van der Waals surface area contributed by atoms with Crippen LogP contribution < -0.4 is 0 Å². The van der Waals surface area contributed by atoms with E-state index in [1.165, 1.54) is 5.41 Å². The molecule has 1 fully saturated rings. The average molecular weight is 343 g/mol. The van der Waals surface area contributed by atoms with Crippen LogP contribution in [0.3, 0.4) is 0 Å². The van der Waals surface area contributed by atoms with Crippen LogP contribution in [-0.4, -0.2) is 48.8 Å². The number of benzene rings is 1. The molecule has 0 saturated carbocycles. The summed E-state index contributed by atoms with van der Waals surface area (Å²) in [5.41, 5.74) is 1.90. The van der Waals surface area contributed by atoms with Crippen molar-refractivity contribution in [1.29, 1.82) is 0 Å². The summed E-state index contributed by atoms with van der Waals surface area (Å²) < 4.78 is 26.4. The fourth-order valence-electron chi connectivity index (χ4n) is 2.68. The summed E-state index contributed by atoms with van der Waals surface area (Å²) in [6, 6.07) is 15.3. The van der Waals surface area contributed by atoms with Crippen molar-refractivity contribution >= 4 is 16.1 Å². The summed E-state index contributed by atoms with van der Waals surface area (Å²) in [6.45, 7) is 3.21. The number of pyridine rings is 1. The Morgan fingerprint density at radius 2 is 1.67 bits per heavy atom. The number of piperazine rings is 1. The summed E-state index contributed by atoms with van der Waals surface area (Å²) in [6.07, 6.45) is 3.43. The quantitative estimate of drug-likeness (QED) is 0.835. The Labute approximate surface area is 143 Å². The van der Waals surface area contributed by atoms with E-state index in [0.717, 1.165) is 30.9 Å². The zero-order chi connectivity index (χ0) is 16.8. The third kappa shape index (κ3) is 4.50. The molecule has 0 N–H and O–H groups in total. The van der Waals surface area contributed by atoms with Crippen LogP contribution in [0.5, 0.6) is 0 Å². The lowest BCUT2D eigenvalue weighted by molar-refractivity contribution is 0.181. The van der Waals surface area contributed by atoms with Gasteiger partial charge in [-0.1, -0.05) is 36.4 Å². The molecule has 2 heterocycles. The van der Waals surface area contributed by atoms with Gasteiger partial charge in [0.15, 0.2) is 0 Å². The molecule has 0 spiro atoms. The number of aromatic nitrogens is 1. The van der Waals surface area contributed by atoms with Gasteiger partial charge in [0.2, 0.25) is 10.0 Å². The van der Waals surface area contributed by atoms with Gasteiger partial charge in [-0.2, -0.15) is 4.31 Å². The van der Waals surface area contributed by atoms with Crippen molar-refractivity contribution in [3.63, 3.8) is 0 Å². The van der Waals surface area contributed by atoms with Gasteiger partial charge in [-0.25, -0.2) is 8.42 Å². The first-order valence-corrected chi connectivity index (χ1v) is 9.49. The fourth-order valence-corrected chi connectivity index (χ4v) is 3.85. The first kappa shape index (κ1) is 16.8. The van der Waals surface area contributed by atoms with Crippen LogP contribution in [-0.2, 0) is 16.6 Å². The highest BCUT2D eigenvalue weighted by atomic mass is 32.2. The highest BCUT2D eigenvalue weighted by Gasteiger charge is 2.25. The number of nitrogens with zero attached hydrogens (tertiary/aromatic N) is 3. The summed E-state index contributed by atoms with van der Waals surface area (Å²) in [7, 11) is -3.37. The Kier molecular flexibility index (Phi) is 5.40. The maximum atomic E-state index is 12.4. The second-order valence-electron chi connectivity index (χ2n) is 5.75. The van der Waals surface area contributed by atoms with Crippen molar-refractivity contribution in [3.8, 4) is 0 Å². The van der Waals surface area contributed by atoms with Crippen LogP contribution >= 0.6 is 0 Å². The van der Waals surface area contributed by atoms with Crippen molar-refractivity contribution in [1.82, 2.24) is 14.2 Å². The van der Waals surface area contributed by atoms with Gasteiger partial charge in [-0.15, -0.1) is 0 Å². The molecule has 1 aromatic carbocycles. The molecule has 126 valence electrons. The predicted molar refractivity (Wildman–Crippen MR) is 95.5 cm³/mol. The van der Waals surface area contributed by atoms with Crippen LogP contribution in [0.15, 0.2) is 60.1 Å². The number of sulfonamides is 1. The second-order valence-corrected chi connectivity index (χ2v) is 7.57. The lowest BCUT2D eigenvalue weighted by atomic mass is 10.2. The summed E-state index contributed by atoms with van der Waals surface area (Å²) in [4.78, 5) is 6.55. The SMILES string of the molecule is O=S(=O)(/C=C/c1ccccc1)N1CCN(Cc2ccccn2)CC1. The van der Waals surface area contributed by atoms with Gasteiger partial charge in [-0.05, 0) is 23.8 Å². The lowest BCUT2D eigenvalue weighted by Gasteiger charge is -2.33. The van der Waals surface area contributed by atoms with Crippen LogP contribution in [0.2, 0.25) is 0 Å². The average Bonchev–Trinajstić information content (AvgIpc) is 2.62. The van der Waals surface area contributed by atoms with E-state index < -0.39 is 10.0 Å². The minimum atomic E-state index is -3.37. The van der Waals surface area contributed by atoms with E-state index in [9.17, 15) is 8.42 Å². The molecule has 5 nitrogen and oxygen atoms in total. The second kappa shape index (κ2) is 7.70. The van der Waals surface area contributed by atoms with E-state index in [0.29, 0.717) is 13.1 Å². The van der Waals surface area contributed by atoms with Gasteiger partial charge in [0.1, 0.15) is 0 Å². The third-order valence-corrected chi connectivity index (χ3v) is 5.60. The Bertz CT molecular complexity index is 768. The Hall–Kier alpha value is -2.02. The molecule has 24 heavy (non-hydrogen) atoms. The standard InChI is InChI=1S/C18H21N3O2S/c22-24(23,15-9-17-6-2-1-3-7-17)21-13-11-20(12-14-21)16-18-8-4-5-10-19-18/h1-10,15H,11-14,16H2/b15-9+. The monoisotopic (exact) mass is 343 g/mol. The minimum absolute atomic E-state index is 0.508. The fraction of sp³-hybridized carbons (Fsp3) is 0.278. The Morgan fingerprint density at radius 3 is 2.33 bits per heavy atom. The van der Waals surface area contributed by atoms with Crippen LogP contribution in [0.25, 0.3) is 6.08 Å². The van der Waals surface area contributed by atoms with Gasteiger partial charge >= 0.3 is 0 Å². The van der Waals surface area contributed by atoms with Crippen molar-refractivity contribution in [3.05, 3.63) is 71.4 Å². The van der Waals surface area contributed by atoms with Crippen LogP contribution in [0.1, 0.15) is 11.3 Å². The third-order valence-electron chi connectivity index (χ3n) is 4.03. The molecule has 0 amide bonds. The van der Waals surface area contributed by atoms with E-state index in [-0.39, 0.29) is 0 Å². The van der Waals surface area contributed by atoms with Crippen molar-refractivity contribution < 1.29 is 8.42 Å². The minimum Gasteiger partial charge on any atom is -0.295 e. The molecule has 0 atom stereocenters. The van der Waals surface area contributed by atoms with E-state index in [2.05, 4.69) is 9.88 Å². The first-order valence-electron chi connectivity index (χ1n) is 7.99. The van der Waals surface area contributed by atoms with E-state index in [1.54, 1.807) is 16.6 Å². The molecular weight excluding hydrogens is 322 g/mol. The molecule has 2 aromatic rings. The molecule has 1 saturated heterocycles. The van der Waals surface area contributed by atoms with Gasteiger partial charge in [0.05, 0.1) is 5.69 Å².